The molecule has 1 aliphatic heterocycles. The quantitative estimate of drug-likeness (QED) is 0.232. The normalized spacial score (nSPS) is 41.8. The van der Waals surface area contributed by atoms with Crippen LogP contribution in [0.25, 0.3) is 0 Å². The van der Waals surface area contributed by atoms with Gasteiger partial charge >= 0.3 is 5.97 Å². The van der Waals surface area contributed by atoms with Crippen LogP contribution in [-0.2, 0) is 20.6 Å². The van der Waals surface area contributed by atoms with Gasteiger partial charge in [0.05, 0.1) is 23.9 Å². The molecule has 51 heavy (non-hydrogen) atoms. The molecule has 6 fully saturated rings. The molecule has 1 spiro atoms. The second-order valence-corrected chi connectivity index (χ2v) is 16.6. The summed E-state index contributed by atoms with van der Waals surface area (Å²) in [6, 6.07) is 14.2. The number of nitrogens with zero attached hydrogens (tertiary/aromatic N) is 1. The van der Waals surface area contributed by atoms with E-state index in [0.717, 1.165) is 0 Å². The Labute approximate surface area is 300 Å². The fourth-order valence-corrected chi connectivity index (χ4v) is 12.9. The summed E-state index contributed by atoms with van der Waals surface area (Å²) in [6.07, 6.45) is 1.87. The third kappa shape index (κ3) is 4.62. The number of aliphatic hydroxyl groups excluding tert-OH is 1. The van der Waals surface area contributed by atoms with Crippen molar-refractivity contribution in [1.29, 1.82) is 0 Å². The number of hydrogen-bond donors (Lipinski definition) is 3. The van der Waals surface area contributed by atoms with Gasteiger partial charge in [-0.2, -0.15) is 0 Å². The van der Waals surface area contributed by atoms with Crippen molar-refractivity contribution in [3.05, 3.63) is 65.2 Å². The molecule has 3 N–H and O–H groups in total. The lowest BCUT2D eigenvalue weighted by atomic mass is 9.42. The molecule has 5 saturated carbocycles. The molecule has 1 heterocycles. The number of methoxy groups -OCH3 is 2. The van der Waals surface area contributed by atoms with E-state index in [-0.39, 0.29) is 66.7 Å². The molecule has 12 atom stereocenters. The van der Waals surface area contributed by atoms with Crippen molar-refractivity contribution in [3.63, 3.8) is 0 Å². The number of esters is 1. The predicted molar refractivity (Wildman–Crippen MR) is 187 cm³/mol. The van der Waals surface area contributed by atoms with Gasteiger partial charge in [-0.25, -0.2) is 4.79 Å². The zero-order chi connectivity index (χ0) is 36.1. The van der Waals surface area contributed by atoms with Crippen LogP contribution in [0.5, 0.6) is 5.75 Å². The summed E-state index contributed by atoms with van der Waals surface area (Å²) >= 11 is 0. The third-order valence-corrected chi connectivity index (χ3v) is 14.5. The fourth-order valence-electron chi connectivity index (χ4n) is 12.9. The van der Waals surface area contributed by atoms with Crippen LogP contribution in [0.3, 0.4) is 0 Å². The average Bonchev–Trinajstić information content (AvgIpc) is 3.54. The van der Waals surface area contributed by atoms with Crippen molar-refractivity contribution < 1.29 is 43.9 Å². The van der Waals surface area contributed by atoms with E-state index in [0.29, 0.717) is 67.6 Å². The summed E-state index contributed by atoms with van der Waals surface area (Å²) in [5.74, 6) is -1.03. The molecular weight excluding hydrogens is 650 g/mol. The number of likely N-dealkylation sites (tertiary alicyclic amines) is 1. The number of piperidine rings is 1. The van der Waals surface area contributed by atoms with Crippen molar-refractivity contribution in [1.82, 2.24) is 4.90 Å². The lowest BCUT2D eigenvalue weighted by molar-refractivity contribution is -0.333. The van der Waals surface area contributed by atoms with E-state index in [4.69, 9.17) is 18.9 Å². The highest BCUT2D eigenvalue weighted by Gasteiger charge is 2.88. The van der Waals surface area contributed by atoms with Crippen molar-refractivity contribution in [2.75, 3.05) is 33.9 Å². The van der Waals surface area contributed by atoms with Gasteiger partial charge in [-0.05, 0) is 87.9 Å². The Balaban J connectivity index is 1.15. The fraction of sp³-hybridized carbons (Fsp3) is 0.659. The van der Waals surface area contributed by atoms with Crippen LogP contribution in [0.4, 0.5) is 0 Å². The van der Waals surface area contributed by atoms with Crippen molar-refractivity contribution in [2.24, 2.45) is 35.0 Å². The summed E-state index contributed by atoms with van der Waals surface area (Å²) in [7, 11) is 3.28. The zero-order valence-corrected chi connectivity index (χ0v) is 30.4. The number of hydrogen-bond acceptors (Lipinski definition) is 10. The predicted octanol–water partition coefficient (Wildman–Crippen LogP) is 4.07. The second kappa shape index (κ2) is 12.4. The molecule has 276 valence electrons. The maximum absolute atomic E-state index is 14.5. The number of carbonyl (C=O) groups is 2. The Bertz CT molecular complexity index is 1680. The lowest BCUT2D eigenvalue weighted by Gasteiger charge is -2.71. The molecule has 8 rings (SSSR count). The van der Waals surface area contributed by atoms with E-state index >= 15 is 0 Å². The molecule has 3 unspecified atom stereocenters. The van der Waals surface area contributed by atoms with Gasteiger partial charge in [0.15, 0.2) is 5.78 Å². The first-order chi connectivity index (χ1) is 24.4. The van der Waals surface area contributed by atoms with E-state index in [1.165, 1.54) is 0 Å². The van der Waals surface area contributed by atoms with Gasteiger partial charge in [0.25, 0.3) is 0 Å². The van der Waals surface area contributed by atoms with Crippen LogP contribution in [-0.4, -0.2) is 107 Å². The van der Waals surface area contributed by atoms with Gasteiger partial charge in [0.1, 0.15) is 22.6 Å². The largest absolute Gasteiger partial charge is 0.491 e. The summed E-state index contributed by atoms with van der Waals surface area (Å²) in [6.45, 7) is 7.14. The van der Waals surface area contributed by atoms with Gasteiger partial charge in [0, 0.05) is 80.9 Å². The highest BCUT2D eigenvalue weighted by Crippen LogP contribution is 2.80. The average molecular weight is 704 g/mol. The standard InChI is InChI=1S/C41H53NO9/c1-6-42-22-38(51-37(45)28-10-8-7-9-25(28)17-31(44)24-11-13-27(14-12-24)50-23(2)3)16-15-26(21-43)40-33(38)19-30(35(40)42)39(46)20-32(48-4)29-18-34(40)41(39,47)36(29)49-5/h7-14,23,26,29-30,32-36,43,46-47H,6,15-22H2,1-5H3/t26-,29-,30+,32+,33?,34?,35?,36+,38-,39+,40+,41+/m1/s1. The van der Waals surface area contributed by atoms with E-state index < -0.39 is 34.3 Å². The molecule has 1 saturated heterocycles. The van der Waals surface area contributed by atoms with Crippen molar-refractivity contribution in [2.45, 2.75) is 100 Å². The minimum atomic E-state index is -1.53. The van der Waals surface area contributed by atoms with Crippen LogP contribution >= 0.6 is 0 Å². The molecule has 0 radical (unpaired) electrons. The highest BCUT2D eigenvalue weighted by atomic mass is 16.6. The Morgan fingerprint density at radius 1 is 1.00 bits per heavy atom. The lowest BCUT2D eigenvalue weighted by Crippen LogP contribution is -2.82. The Morgan fingerprint density at radius 3 is 2.41 bits per heavy atom. The Kier molecular flexibility index (Phi) is 8.52. The van der Waals surface area contributed by atoms with Crippen molar-refractivity contribution >= 4 is 11.8 Å². The first-order valence-electron chi connectivity index (χ1n) is 18.9. The topological polar surface area (TPSA) is 135 Å². The highest BCUT2D eigenvalue weighted by molar-refractivity contribution is 6.00. The van der Waals surface area contributed by atoms with E-state index in [1.54, 1.807) is 50.6 Å². The smallest absolute Gasteiger partial charge is 0.339 e. The maximum atomic E-state index is 14.5. The number of likely N-dealkylation sites (N-methyl/N-ethyl adjacent to an activating group) is 1. The monoisotopic (exact) mass is 703 g/mol. The van der Waals surface area contributed by atoms with E-state index in [1.807, 2.05) is 26.0 Å². The van der Waals surface area contributed by atoms with Gasteiger partial charge < -0.3 is 34.3 Å². The molecule has 0 amide bonds. The summed E-state index contributed by atoms with van der Waals surface area (Å²) in [5.41, 5.74) is -3.01. The Hall–Kier alpha value is -2.86. The number of ketones is 1. The third-order valence-electron chi connectivity index (χ3n) is 14.5. The minimum Gasteiger partial charge on any atom is -0.491 e. The molecule has 0 aromatic heterocycles. The molecule has 7 bridgehead atoms. The van der Waals surface area contributed by atoms with Crippen LogP contribution in [0.1, 0.15) is 79.2 Å². The maximum Gasteiger partial charge on any atom is 0.339 e. The second-order valence-electron chi connectivity index (χ2n) is 16.6. The summed E-state index contributed by atoms with van der Waals surface area (Å²) in [4.78, 5) is 30.4. The molecule has 10 nitrogen and oxygen atoms in total. The molecule has 6 aliphatic rings. The van der Waals surface area contributed by atoms with E-state index in [9.17, 15) is 24.9 Å². The van der Waals surface area contributed by atoms with E-state index in [2.05, 4.69) is 11.8 Å². The van der Waals surface area contributed by atoms with Gasteiger partial charge in [-0.3, -0.25) is 9.69 Å². The zero-order valence-electron chi connectivity index (χ0n) is 30.4. The Morgan fingerprint density at radius 2 is 1.75 bits per heavy atom. The van der Waals surface area contributed by atoms with Crippen LogP contribution < -0.4 is 4.74 Å². The number of aliphatic hydroxyl groups is 3. The molecule has 10 heteroatoms. The first-order valence-corrected chi connectivity index (χ1v) is 18.9. The first kappa shape index (κ1) is 35.2. The molecular formula is C41H53NO9. The van der Waals surface area contributed by atoms with Gasteiger partial charge in [-0.15, -0.1) is 0 Å². The number of fused-ring (bicyclic) bond motifs is 2. The molecule has 2 aromatic rings. The van der Waals surface area contributed by atoms with Crippen LogP contribution in [0.15, 0.2) is 48.5 Å². The number of rotatable bonds is 11. The SMILES string of the molecule is CCN1C[C@]2(OC(=O)c3ccccc3CC(=O)c3ccc(OC(C)C)cc3)CC[C@H](CO)[C@]34C1[C@H](CC23)[C@@]1(O)C[C@H](OC)[C@H]2CC4[C@]1(O)[C@H]2OC. The number of carbonyl (C=O) groups excluding carboxylic acids is 2. The molecule has 5 aliphatic carbocycles. The molecule has 2 aromatic carbocycles. The number of ether oxygens (including phenoxy) is 4. The summed E-state index contributed by atoms with van der Waals surface area (Å²) in [5, 5.41) is 37.0. The van der Waals surface area contributed by atoms with Crippen LogP contribution in [0, 0.1) is 35.0 Å². The van der Waals surface area contributed by atoms with Gasteiger partial charge in [-0.1, -0.05) is 25.1 Å². The summed E-state index contributed by atoms with van der Waals surface area (Å²) < 4.78 is 24.7. The van der Waals surface area contributed by atoms with Crippen LogP contribution in [0.2, 0.25) is 0 Å². The number of Topliss-reactive ketones (excluding diaryl/α,β-unsaturated/α-hetero) is 1. The number of benzene rings is 2. The minimum absolute atomic E-state index is 0.0234. The van der Waals surface area contributed by atoms with Gasteiger partial charge in [0.2, 0.25) is 0 Å². The van der Waals surface area contributed by atoms with Crippen molar-refractivity contribution in [3.8, 4) is 5.75 Å².